The standard InChI is InChI=1S/C20H16N2O4/c1-11(23)26-22-19-15-10-12(24-2)8-9-13(15)18-17(19)14-6-4-5-7-16(14)21-20(18)25-3/h4-10H,1-3H3/b22-19-. The van der Waals surface area contributed by atoms with Crippen molar-refractivity contribution in [3.8, 4) is 22.8 Å². The lowest BCUT2D eigenvalue weighted by atomic mass is 10.0. The van der Waals surface area contributed by atoms with Crippen LogP contribution in [0.15, 0.2) is 47.6 Å². The lowest BCUT2D eigenvalue weighted by molar-refractivity contribution is -0.140. The molecule has 0 aliphatic heterocycles. The number of benzene rings is 2. The van der Waals surface area contributed by atoms with Crippen molar-refractivity contribution in [1.29, 1.82) is 0 Å². The molecule has 0 saturated carbocycles. The number of methoxy groups -OCH3 is 2. The largest absolute Gasteiger partial charge is 0.497 e. The summed E-state index contributed by atoms with van der Waals surface area (Å²) >= 11 is 0. The molecular formula is C20H16N2O4. The van der Waals surface area contributed by atoms with E-state index < -0.39 is 5.97 Å². The molecule has 2 aromatic carbocycles. The lowest BCUT2D eigenvalue weighted by Crippen LogP contribution is -2.04. The Bertz CT molecular complexity index is 1070. The Labute approximate surface area is 150 Å². The van der Waals surface area contributed by atoms with E-state index in [9.17, 15) is 4.79 Å². The Balaban J connectivity index is 2.11. The summed E-state index contributed by atoms with van der Waals surface area (Å²) < 4.78 is 10.9. The second-order valence-electron chi connectivity index (χ2n) is 5.82. The second-order valence-corrected chi connectivity index (χ2v) is 5.82. The normalized spacial score (nSPS) is 13.4. The number of oxime groups is 1. The maximum absolute atomic E-state index is 11.3. The van der Waals surface area contributed by atoms with Gasteiger partial charge >= 0.3 is 5.97 Å². The Kier molecular flexibility index (Phi) is 3.80. The molecule has 0 spiro atoms. The third kappa shape index (κ3) is 2.38. The number of hydrogen-bond acceptors (Lipinski definition) is 6. The van der Waals surface area contributed by atoms with Gasteiger partial charge in [0, 0.05) is 23.4 Å². The molecule has 26 heavy (non-hydrogen) atoms. The number of nitrogens with zero attached hydrogens (tertiary/aromatic N) is 2. The van der Waals surface area contributed by atoms with Crippen molar-refractivity contribution in [2.75, 3.05) is 14.2 Å². The van der Waals surface area contributed by atoms with E-state index in [-0.39, 0.29) is 0 Å². The zero-order valence-corrected chi connectivity index (χ0v) is 14.6. The van der Waals surface area contributed by atoms with Crippen molar-refractivity contribution >= 4 is 22.6 Å². The first-order chi connectivity index (χ1) is 12.6. The Hall–Kier alpha value is -3.41. The van der Waals surface area contributed by atoms with Crippen molar-refractivity contribution in [3.63, 3.8) is 0 Å². The topological polar surface area (TPSA) is 70.0 Å². The first-order valence-corrected chi connectivity index (χ1v) is 8.05. The number of carbonyl (C=O) groups is 1. The highest BCUT2D eigenvalue weighted by Gasteiger charge is 2.32. The van der Waals surface area contributed by atoms with Crippen molar-refractivity contribution in [1.82, 2.24) is 4.98 Å². The van der Waals surface area contributed by atoms with Crippen LogP contribution in [-0.4, -0.2) is 30.9 Å². The van der Waals surface area contributed by atoms with Crippen LogP contribution >= 0.6 is 0 Å². The van der Waals surface area contributed by atoms with Crippen LogP contribution in [0.5, 0.6) is 11.6 Å². The van der Waals surface area contributed by atoms with E-state index in [1.165, 1.54) is 6.92 Å². The summed E-state index contributed by atoms with van der Waals surface area (Å²) in [4.78, 5) is 20.9. The second kappa shape index (κ2) is 6.15. The highest BCUT2D eigenvalue weighted by molar-refractivity contribution is 6.30. The maximum Gasteiger partial charge on any atom is 0.332 e. The van der Waals surface area contributed by atoms with Gasteiger partial charge < -0.3 is 14.3 Å². The summed E-state index contributed by atoms with van der Waals surface area (Å²) in [5.74, 6) is 0.696. The Morgan fingerprint density at radius 3 is 2.54 bits per heavy atom. The average Bonchev–Trinajstić information content (AvgIpc) is 2.99. The number of ether oxygens (including phenoxy) is 2. The Morgan fingerprint density at radius 1 is 1.00 bits per heavy atom. The highest BCUT2D eigenvalue weighted by Crippen LogP contribution is 2.46. The predicted molar refractivity (Wildman–Crippen MR) is 97.7 cm³/mol. The third-order valence-electron chi connectivity index (χ3n) is 4.31. The van der Waals surface area contributed by atoms with Gasteiger partial charge in [-0.15, -0.1) is 0 Å². The number of aromatic nitrogens is 1. The van der Waals surface area contributed by atoms with Crippen LogP contribution in [0.3, 0.4) is 0 Å². The van der Waals surface area contributed by atoms with Crippen LogP contribution in [0, 0.1) is 0 Å². The van der Waals surface area contributed by atoms with Gasteiger partial charge in [0.05, 0.1) is 25.3 Å². The van der Waals surface area contributed by atoms with Gasteiger partial charge in [0.2, 0.25) is 5.88 Å². The van der Waals surface area contributed by atoms with E-state index in [0.717, 1.165) is 33.2 Å². The zero-order valence-electron chi connectivity index (χ0n) is 14.6. The van der Waals surface area contributed by atoms with E-state index in [1.54, 1.807) is 14.2 Å². The number of para-hydroxylation sites is 1. The number of fused-ring (bicyclic) bond motifs is 5. The first kappa shape index (κ1) is 16.1. The summed E-state index contributed by atoms with van der Waals surface area (Å²) in [6.45, 7) is 1.32. The van der Waals surface area contributed by atoms with Crippen LogP contribution in [0.1, 0.15) is 18.1 Å². The fraction of sp³-hybridized carbons (Fsp3) is 0.150. The van der Waals surface area contributed by atoms with Crippen LogP contribution < -0.4 is 9.47 Å². The minimum absolute atomic E-state index is 0.485. The van der Waals surface area contributed by atoms with Crippen molar-refractivity contribution in [2.45, 2.75) is 6.92 Å². The molecule has 0 saturated heterocycles. The number of carbonyl (C=O) groups excluding carboxylic acids is 1. The summed E-state index contributed by atoms with van der Waals surface area (Å²) in [6.07, 6.45) is 0. The molecule has 6 heteroatoms. The summed E-state index contributed by atoms with van der Waals surface area (Å²) in [6, 6.07) is 13.4. The Morgan fingerprint density at radius 2 is 1.81 bits per heavy atom. The monoisotopic (exact) mass is 348 g/mol. The van der Waals surface area contributed by atoms with Crippen LogP contribution in [0.25, 0.3) is 22.0 Å². The molecule has 1 heterocycles. The fourth-order valence-electron chi connectivity index (χ4n) is 3.24. The lowest BCUT2D eigenvalue weighted by Gasteiger charge is -2.10. The van der Waals surface area contributed by atoms with E-state index in [4.69, 9.17) is 14.3 Å². The van der Waals surface area contributed by atoms with Crippen LogP contribution in [0.4, 0.5) is 0 Å². The fourth-order valence-corrected chi connectivity index (χ4v) is 3.24. The van der Waals surface area contributed by atoms with Gasteiger partial charge in [-0.2, -0.15) is 0 Å². The molecular weight excluding hydrogens is 332 g/mol. The molecule has 3 aromatic rings. The van der Waals surface area contributed by atoms with E-state index in [1.807, 2.05) is 42.5 Å². The quantitative estimate of drug-likeness (QED) is 0.418. The number of pyridine rings is 1. The molecule has 0 radical (unpaired) electrons. The summed E-state index contributed by atoms with van der Waals surface area (Å²) in [5, 5.41) is 5.04. The molecule has 0 N–H and O–H groups in total. The van der Waals surface area contributed by atoms with E-state index in [2.05, 4.69) is 10.1 Å². The van der Waals surface area contributed by atoms with Gasteiger partial charge in [0.25, 0.3) is 0 Å². The van der Waals surface area contributed by atoms with Crippen molar-refractivity contribution < 1.29 is 19.1 Å². The highest BCUT2D eigenvalue weighted by atomic mass is 16.7. The molecule has 4 rings (SSSR count). The summed E-state index contributed by atoms with van der Waals surface area (Å²) in [7, 11) is 3.19. The molecule has 1 aliphatic carbocycles. The molecule has 0 unspecified atom stereocenters. The van der Waals surface area contributed by atoms with Gasteiger partial charge in [-0.05, 0) is 29.8 Å². The van der Waals surface area contributed by atoms with Crippen molar-refractivity contribution in [2.24, 2.45) is 5.16 Å². The zero-order chi connectivity index (χ0) is 18.3. The van der Waals surface area contributed by atoms with Gasteiger partial charge in [-0.25, -0.2) is 9.78 Å². The summed E-state index contributed by atoms with van der Waals surface area (Å²) in [5.41, 5.74) is 4.70. The smallest absolute Gasteiger partial charge is 0.332 e. The maximum atomic E-state index is 11.3. The van der Waals surface area contributed by atoms with E-state index in [0.29, 0.717) is 17.3 Å². The number of rotatable bonds is 3. The SMILES string of the molecule is COc1ccc2c(c1)/C(=N/OC(C)=O)c1c-2c(OC)nc2ccccc12. The van der Waals surface area contributed by atoms with Crippen molar-refractivity contribution in [3.05, 3.63) is 53.6 Å². The van der Waals surface area contributed by atoms with Crippen LogP contribution in [0.2, 0.25) is 0 Å². The molecule has 0 bridgehead atoms. The molecule has 1 aliphatic rings. The number of hydrogen-bond donors (Lipinski definition) is 0. The van der Waals surface area contributed by atoms with Gasteiger partial charge in [-0.1, -0.05) is 23.4 Å². The van der Waals surface area contributed by atoms with Gasteiger partial charge in [0.15, 0.2) is 0 Å². The molecule has 0 amide bonds. The third-order valence-corrected chi connectivity index (χ3v) is 4.31. The van der Waals surface area contributed by atoms with E-state index >= 15 is 0 Å². The minimum atomic E-state index is -0.485. The van der Waals surface area contributed by atoms with Gasteiger partial charge in [0.1, 0.15) is 11.5 Å². The molecule has 0 fully saturated rings. The molecule has 130 valence electrons. The van der Waals surface area contributed by atoms with Crippen LogP contribution in [-0.2, 0) is 9.63 Å². The molecule has 1 aromatic heterocycles. The molecule has 0 atom stereocenters. The average molecular weight is 348 g/mol. The van der Waals surface area contributed by atoms with Gasteiger partial charge in [-0.3, -0.25) is 0 Å². The minimum Gasteiger partial charge on any atom is -0.497 e. The molecule has 6 nitrogen and oxygen atoms in total. The first-order valence-electron chi connectivity index (χ1n) is 8.05. The predicted octanol–water partition coefficient (Wildman–Crippen LogP) is 3.55.